The summed E-state index contributed by atoms with van der Waals surface area (Å²) in [5.74, 6) is -1.52. The number of hydrogen-bond donors (Lipinski definition) is 0. The molecule has 2 atom stereocenters. The number of benzene rings is 2. The average molecular weight is 496 g/mol. The van der Waals surface area contributed by atoms with Gasteiger partial charge in [0.1, 0.15) is 29.8 Å². The highest BCUT2D eigenvalue weighted by Crippen LogP contribution is 2.30. The first-order valence-corrected chi connectivity index (χ1v) is 12.0. The molecule has 0 N–H and O–H groups in total. The van der Waals surface area contributed by atoms with Crippen molar-refractivity contribution in [3.63, 3.8) is 0 Å². The summed E-state index contributed by atoms with van der Waals surface area (Å²) in [6.07, 6.45) is -0.470. The number of likely N-dealkylation sites (tertiary alicyclic amines) is 1. The number of carbonyl (C=O) groups is 2. The smallest absolute Gasteiger partial charge is 0.285 e. The minimum atomic E-state index is -3.85. The largest absolute Gasteiger partial charge is 0.328 e. The van der Waals surface area contributed by atoms with Crippen molar-refractivity contribution in [3.8, 4) is 0 Å². The van der Waals surface area contributed by atoms with E-state index < -0.39 is 34.0 Å². The summed E-state index contributed by atoms with van der Waals surface area (Å²) in [6.45, 7) is -0.554. The molecule has 0 aromatic heterocycles. The van der Waals surface area contributed by atoms with E-state index in [9.17, 15) is 26.8 Å². The molecule has 7 nitrogen and oxygen atoms in total. The van der Waals surface area contributed by atoms with Crippen LogP contribution in [0.1, 0.15) is 18.4 Å². The first-order chi connectivity index (χ1) is 15.7. The summed E-state index contributed by atoms with van der Waals surface area (Å²) in [4.78, 5) is 28.3. The van der Waals surface area contributed by atoms with Crippen LogP contribution in [-0.4, -0.2) is 56.6 Å². The average Bonchev–Trinajstić information content (AvgIpc) is 3.19. The maximum Gasteiger partial charge on any atom is 0.285 e. The van der Waals surface area contributed by atoms with Gasteiger partial charge in [0.05, 0.1) is 23.3 Å². The number of para-hydroxylation sites is 1. The number of alkyl halides is 1. The van der Waals surface area contributed by atoms with Gasteiger partial charge in [0, 0.05) is 12.8 Å². The molecule has 0 aliphatic carbocycles. The van der Waals surface area contributed by atoms with Crippen molar-refractivity contribution in [2.24, 2.45) is 4.40 Å². The molecular weight excluding hydrogens is 476 g/mol. The first kappa shape index (κ1) is 23.3. The third-order valence-electron chi connectivity index (χ3n) is 5.70. The molecule has 2 heterocycles. The number of Topliss-reactive ketones (excluding diaryl/α,β-unsaturated/α-hetero) is 1. The molecule has 11 heteroatoms. The van der Waals surface area contributed by atoms with Gasteiger partial charge in [-0.25, -0.2) is 8.78 Å². The number of rotatable bonds is 6. The summed E-state index contributed by atoms with van der Waals surface area (Å²) >= 11 is 5.77. The van der Waals surface area contributed by atoms with E-state index in [0.29, 0.717) is 0 Å². The lowest BCUT2D eigenvalue weighted by Gasteiger charge is -2.29. The highest BCUT2D eigenvalue weighted by molar-refractivity contribution is 7.90. The fourth-order valence-corrected chi connectivity index (χ4v) is 5.29. The van der Waals surface area contributed by atoms with E-state index >= 15 is 0 Å². The summed E-state index contributed by atoms with van der Waals surface area (Å²) in [7, 11) is -3.85. The zero-order valence-electron chi connectivity index (χ0n) is 17.3. The van der Waals surface area contributed by atoms with E-state index in [-0.39, 0.29) is 59.3 Å². The summed E-state index contributed by atoms with van der Waals surface area (Å²) in [5.41, 5.74) is 0.544. The van der Waals surface area contributed by atoms with Crippen LogP contribution in [0.3, 0.4) is 0 Å². The van der Waals surface area contributed by atoms with Crippen LogP contribution < -0.4 is 4.90 Å². The molecule has 4 rings (SSSR count). The van der Waals surface area contributed by atoms with Crippen LogP contribution >= 0.6 is 11.6 Å². The fourth-order valence-electron chi connectivity index (χ4n) is 4.04. The Morgan fingerprint density at radius 1 is 1.15 bits per heavy atom. The van der Waals surface area contributed by atoms with E-state index in [1.165, 1.54) is 34.1 Å². The van der Waals surface area contributed by atoms with E-state index in [1.807, 2.05) is 0 Å². The maximum absolute atomic E-state index is 14.2. The molecule has 0 unspecified atom stereocenters. The van der Waals surface area contributed by atoms with Crippen LogP contribution in [0.25, 0.3) is 0 Å². The molecule has 2 aliphatic rings. The number of halogens is 3. The second kappa shape index (κ2) is 9.18. The Labute approximate surface area is 194 Å². The van der Waals surface area contributed by atoms with E-state index in [4.69, 9.17) is 11.6 Å². The SMILES string of the molecule is O=C(CCc1cccc(Cl)c1F)[C@@H]1C[C@@H](F)CN1C(=O)CN1C=NS(=O)(=O)c2ccccc21. The van der Waals surface area contributed by atoms with E-state index in [2.05, 4.69) is 4.40 Å². The number of nitrogens with zero attached hydrogens (tertiary/aromatic N) is 3. The molecule has 174 valence electrons. The monoisotopic (exact) mass is 495 g/mol. The van der Waals surface area contributed by atoms with Gasteiger partial charge in [0.15, 0.2) is 5.78 Å². The van der Waals surface area contributed by atoms with E-state index in [1.54, 1.807) is 18.2 Å². The predicted molar refractivity (Wildman–Crippen MR) is 119 cm³/mol. The Morgan fingerprint density at radius 2 is 1.91 bits per heavy atom. The Bertz CT molecular complexity index is 1240. The molecule has 2 aromatic carbocycles. The number of ketones is 1. The fraction of sp³-hybridized carbons (Fsp3) is 0.318. The highest BCUT2D eigenvalue weighted by Gasteiger charge is 2.40. The van der Waals surface area contributed by atoms with Crippen LogP contribution in [0.4, 0.5) is 14.5 Å². The lowest BCUT2D eigenvalue weighted by atomic mass is 10.0. The quantitative estimate of drug-likeness (QED) is 0.614. The van der Waals surface area contributed by atoms with E-state index in [0.717, 1.165) is 6.34 Å². The van der Waals surface area contributed by atoms with Gasteiger partial charge in [-0.2, -0.15) is 8.42 Å². The standard InChI is InChI=1S/C22H20ClF2N3O4S/c23-16-5-3-4-14(22(16)25)8-9-19(29)18-10-15(24)11-28(18)21(30)12-27-13-26-33(31,32)20-7-2-1-6-17(20)27/h1-7,13,15,18H,8-12H2/t15-,18+/m1/s1. The third kappa shape index (κ3) is 4.77. The number of carbonyl (C=O) groups excluding carboxylic acids is 2. The number of fused-ring (bicyclic) bond motifs is 1. The molecule has 0 radical (unpaired) electrons. The third-order valence-corrected chi connectivity index (χ3v) is 7.26. The maximum atomic E-state index is 14.2. The summed E-state index contributed by atoms with van der Waals surface area (Å²) < 4.78 is 56.1. The number of aryl methyl sites for hydroxylation is 1. The van der Waals surface area contributed by atoms with Crippen molar-refractivity contribution < 1.29 is 26.8 Å². The number of amides is 1. The molecule has 33 heavy (non-hydrogen) atoms. The molecule has 1 saturated heterocycles. The molecule has 0 bridgehead atoms. The summed E-state index contributed by atoms with van der Waals surface area (Å²) in [6, 6.07) is 9.61. The normalized spacial score (nSPS) is 21.2. The Balaban J connectivity index is 1.47. The lowest BCUT2D eigenvalue weighted by Crippen LogP contribution is -2.46. The topological polar surface area (TPSA) is 87.1 Å². The number of anilines is 1. The lowest BCUT2D eigenvalue weighted by molar-refractivity contribution is -0.136. The number of hydrogen-bond acceptors (Lipinski definition) is 5. The van der Waals surface area contributed by atoms with Crippen molar-refractivity contribution in [1.82, 2.24) is 4.90 Å². The molecule has 0 saturated carbocycles. The van der Waals surface area contributed by atoms with Gasteiger partial charge in [-0.05, 0) is 30.2 Å². The van der Waals surface area contributed by atoms with Gasteiger partial charge < -0.3 is 9.80 Å². The molecule has 1 amide bonds. The Kier molecular flexibility index (Phi) is 6.49. The first-order valence-electron chi connectivity index (χ1n) is 10.2. The Morgan fingerprint density at radius 3 is 2.70 bits per heavy atom. The van der Waals surface area contributed by atoms with Gasteiger partial charge >= 0.3 is 0 Å². The molecular formula is C22H20ClF2N3O4S. The molecule has 2 aliphatic heterocycles. The Hall–Kier alpha value is -2.85. The second-order valence-electron chi connectivity index (χ2n) is 7.87. The van der Waals surface area contributed by atoms with Crippen molar-refractivity contribution in [2.75, 3.05) is 18.0 Å². The zero-order valence-corrected chi connectivity index (χ0v) is 18.9. The van der Waals surface area contributed by atoms with Gasteiger partial charge in [-0.3, -0.25) is 9.59 Å². The molecule has 0 spiro atoms. The van der Waals surface area contributed by atoms with Crippen LogP contribution in [-0.2, 0) is 26.0 Å². The van der Waals surface area contributed by atoms with Gasteiger partial charge in [0.25, 0.3) is 10.0 Å². The van der Waals surface area contributed by atoms with Crippen LogP contribution in [0, 0.1) is 5.82 Å². The molecule has 2 aromatic rings. The van der Waals surface area contributed by atoms with Crippen LogP contribution in [0.5, 0.6) is 0 Å². The van der Waals surface area contributed by atoms with Crippen LogP contribution in [0.2, 0.25) is 5.02 Å². The van der Waals surface area contributed by atoms with Crippen molar-refractivity contribution in [1.29, 1.82) is 0 Å². The van der Waals surface area contributed by atoms with Gasteiger partial charge in [-0.1, -0.05) is 35.9 Å². The highest BCUT2D eigenvalue weighted by atomic mass is 35.5. The number of sulfonamides is 1. The van der Waals surface area contributed by atoms with Gasteiger partial charge in [0.2, 0.25) is 5.91 Å². The van der Waals surface area contributed by atoms with Crippen molar-refractivity contribution in [3.05, 3.63) is 58.9 Å². The van der Waals surface area contributed by atoms with Crippen molar-refractivity contribution in [2.45, 2.75) is 36.4 Å². The molecule has 1 fully saturated rings. The zero-order chi connectivity index (χ0) is 23.8. The minimum Gasteiger partial charge on any atom is -0.328 e. The predicted octanol–water partition coefficient (Wildman–Crippen LogP) is 3.16. The second-order valence-corrected chi connectivity index (χ2v) is 9.87. The summed E-state index contributed by atoms with van der Waals surface area (Å²) in [5, 5.41) is -0.0491. The van der Waals surface area contributed by atoms with Crippen LogP contribution in [0.15, 0.2) is 51.8 Å². The van der Waals surface area contributed by atoms with Crippen molar-refractivity contribution >= 4 is 45.3 Å². The van der Waals surface area contributed by atoms with Gasteiger partial charge in [-0.15, -0.1) is 4.40 Å². The minimum absolute atomic E-state index is 0.0405.